The normalized spacial score (nSPS) is 21.8. The van der Waals surface area contributed by atoms with E-state index in [9.17, 15) is 24.8 Å². The third-order valence-electron chi connectivity index (χ3n) is 3.03. The molecule has 2 rings (SSSR count). The molecule has 0 aromatic heterocycles. The van der Waals surface area contributed by atoms with E-state index in [2.05, 4.69) is 0 Å². The summed E-state index contributed by atoms with van der Waals surface area (Å²) in [6.45, 7) is 1.29. The van der Waals surface area contributed by atoms with Gasteiger partial charge in [-0.3, -0.25) is 14.9 Å². The lowest BCUT2D eigenvalue weighted by Crippen LogP contribution is -2.48. The molecule has 1 aromatic rings. The third-order valence-corrected chi connectivity index (χ3v) is 4.35. The highest BCUT2D eigenvalue weighted by molar-refractivity contribution is 7.99. The maximum absolute atomic E-state index is 11.6. The number of nitrogens with zero attached hydrogens (tertiary/aromatic N) is 2. The van der Waals surface area contributed by atoms with Gasteiger partial charge in [-0.1, -0.05) is 0 Å². The number of nitro benzene ring substituents is 1. The minimum Gasteiger partial charge on any atom is -0.548 e. The van der Waals surface area contributed by atoms with Crippen molar-refractivity contribution < 1.29 is 19.6 Å². The van der Waals surface area contributed by atoms with E-state index in [1.54, 1.807) is 0 Å². The summed E-state index contributed by atoms with van der Waals surface area (Å²) < 4.78 is 0. The molecule has 0 N–H and O–H groups in total. The quantitative estimate of drug-likeness (QED) is 0.587. The first-order chi connectivity index (χ1) is 9.41. The van der Waals surface area contributed by atoms with Crippen LogP contribution in [0, 0.1) is 10.1 Å². The molecule has 106 valence electrons. The lowest BCUT2D eigenvalue weighted by atomic mass is 10.1. The second kappa shape index (κ2) is 5.49. The van der Waals surface area contributed by atoms with Crippen LogP contribution in [0.4, 0.5) is 5.69 Å². The van der Waals surface area contributed by atoms with E-state index in [1.165, 1.54) is 47.9 Å². The Morgan fingerprint density at radius 1 is 1.35 bits per heavy atom. The fraction of sp³-hybridized carbons (Fsp3) is 0.333. The van der Waals surface area contributed by atoms with Gasteiger partial charge in [0, 0.05) is 24.8 Å². The Morgan fingerprint density at radius 3 is 2.40 bits per heavy atom. The molecule has 1 aliphatic rings. The van der Waals surface area contributed by atoms with Gasteiger partial charge in [-0.05, 0) is 17.7 Å². The van der Waals surface area contributed by atoms with E-state index >= 15 is 0 Å². The smallest absolute Gasteiger partial charge is 0.269 e. The molecule has 1 aliphatic heterocycles. The molecule has 1 heterocycles. The molecule has 0 aliphatic carbocycles. The van der Waals surface area contributed by atoms with Gasteiger partial charge in [0.1, 0.15) is 5.37 Å². The van der Waals surface area contributed by atoms with E-state index in [-0.39, 0.29) is 17.3 Å². The first-order valence-electron chi connectivity index (χ1n) is 5.77. The number of amides is 1. The predicted molar refractivity (Wildman–Crippen MR) is 69.6 cm³/mol. The number of benzene rings is 1. The minimum absolute atomic E-state index is 0.0532. The number of carboxylic acids is 1. The highest BCUT2D eigenvalue weighted by atomic mass is 32.2. The fourth-order valence-corrected chi connectivity index (χ4v) is 3.56. The predicted octanol–water partition coefficient (Wildman–Crippen LogP) is 0.307. The maximum Gasteiger partial charge on any atom is 0.269 e. The summed E-state index contributed by atoms with van der Waals surface area (Å²) in [6, 6.07) is 4.76. The van der Waals surface area contributed by atoms with Crippen LogP contribution < -0.4 is 5.11 Å². The minimum atomic E-state index is -1.29. The van der Waals surface area contributed by atoms with E-state index in [0.29, 0.717) is 5.56 Å². The van der Waals surface area contributed by atoms with Crippen LogP contribution in [0.25, 0.3) is 0 Å². The van der Waals surface area contributed by atoms with E-state index < -0.39 is 22.3 Å². The molecule has 8 heteroatoms. The molecule has 1 aromatic carbocycles. The summed E-state index contributed by atoms with van der Waals surface area (Å²) in [6.07, 6.45) is 0. The van der Waals surface area contributed by atoms with Crippen LogP contribution in [0.2, 0.25) is 0 Å². The van der Waals surface area contributed by atoms with Crippen LogP contribution in [0.5, 0.6) is 0 Å². The fourth-order valence-electron chi connectivity index (χ4n) is 2.09. The summed E-state index contributed by atoms with van der Waals surface area (Å²) in [4.78, 5) is 34.0. The van der Waals surface area contributed by atoms with Gasteiger partial charge in [0.25, 0.3) is 5.69 Å². The Hall–Kier alpha value is -2.09. The molecule has 20 heavy (non-hydrogen) atoms. The molecule has 1 fully saturated rings. The maximum atomic E-state index is 11.6. The summed E-state index contributed by atoms with van der Waals surface area (Å²) >= 11 is 1.30. The highest BCUT2D eigenvalue weighted by Crippen LogP contribution is 2.41. The van der Waals surface area contributed by atoms with Gasteiger partial charge in [0.2, 0.25) is 5.91 Å². The SMILES string of the molecule is CC(=O)N1[C@@H](C(=O)[O-])CS[C@@H]1c1ccc([N+](=O)[O-])cc1. The zero-order valence-electron chi connectivity index (χ0n) is 10.5. The van der Waals surface area contributed by atoms with Crippen molar-refractivity contribution in [1.29, 1.82) is 0 Å². The monoisotopic (exact) mass is 295 g/mol. The van der Waals surface area contributed by atoms with Crippen LogP contribution >= 0.6 is 11.8 Å². The molecule has 0 bridgehead atoms. The summed E-state index contributed by atoms with van der Waals surface area (Å²) in [5.74, 6) is -1.42. The number of nitro groups is 1. The number of carbonyl (C=O) groups excluding carboxylic acids is 2. The van der Waals surface area contributed by atoms with Crippen LogP contribution in [0.15, 0.2) is 24.3 Å². The Labute approximate surface area is 118 Å². The van der Waals surface area contributed by atoms with Gasteiger partial charge in [-0.25, -0.2) is 0 Å². The summed E-state index contributed by atoms with van der Waals surface area (Å²) in [5, 5.41) is 21.2. The van der Waals surface area contributed by atoms with Crippen LogP contribution in [-0.4, -0.2) is 33.5 Å². The number of rotatable bonds is 3. The molecular formula is C12H11N2O5S-. The molecule has 2 atom stereocenters. The Bertz CT molecular complexity index is 559. The molecule has 0 spiro atoms. The first-order valence-corrected chi connectivity index (χ1v) is 6.82. The first kappa shape index (κ1) is 14.3. The number of non-ortho nitro benzene ring substituents is 1. The highest BCUT2D eigenvalue weighted by Gasteiger charge is 2.37. The Kier molecular flexibility index (Phi) is 3.93. The number of hydrogen-bond acceptors (Lipinski definition) is 6. The molecule has 1 amide bonds. The van der Waals surface area contributed by atoms with Crippen molar-refractivity contribution in [3.05, 3.63) is 39.9 Å². The van der Waals surface area contributed by atoms with Crippen molar-refractivity contribution in [1.82, 2.24) is 4.90 Å². The average molecular weight is 295 g/mol. The second-order valence-corrected chi connectivity index (χ2v) is 5.41. The third kappa shape index (κ3) is 2.60. The Balaban J connectivity index is 2.29. The van der Waals surface area contributed by atoms with Gasteiger partial charge in [-0.15, -0.1) is 11.8 Å². The van der Waals surface area contributed by atoms with Crippen molar-refractivity contribution in [3.63, 3.8) is 0 Å². The lowest BCUT2D eigenvalue weighted by Gasteiger charge is -2.28. The standard InChI is InChI=1S/C12H12N2O5S/c1-7(15)13-10(12(16)17)6-20-11(13)8-2-4-9(5-3-8)14(18)19/h2-5,10-11H,6H2,1H3,(H,16,17)/p-1/t10-,11-/m1/s1. The lowest BCUT2D eigenvalue weighted by molar-refractivity contribution is -0.384. The second-order valence-electron chi connectivity index (χ2n) is 4.30. The van der Waals surface area contributed by atoms with E-state index in [4.69, 9.17) is 0 Å². The van der Waals surface area contributed by atoms with Crippen molar-refractivity contribution >= 4 is 29.3 Å². The number of carbonyl (C=O) groups is 2. The van der Waals surface area contributed by atoms with Gasteiger partial charge in [-0.2, -0.15) is 0 Å². The molecule has 0 unspecified atom stereocenters. The summed E-state index contributed by atoms with van der Waals surface area (Å²) in [7, 11) is 0. The van der Waals surface area contributed by atoms with Gasteiger partial charge in [0.15, 0.2) is 0 Å². The topological polar surface area (TPSA) is 104 Å². The number of carboxylic acid groups (broad SMARTS) is 1. The molecule has 0 radical (unpaired) electrons. The van der Waals surface area contributed by atoms with Gasteiger partial charge in [0.05, 0.1) is 16.9 Å². The van der Waals surface area contributed by atoms with Gasteiger partial charge >= 0.3 is 0 Å². The summed E-state index contributed by atoms with van der Waals surface area (Å²) in [5.41, 5.74) is 0.599. The number of aliphatic carboxylic acids is 1. The molecule has 7 nitrogen and oxygen atoms in total. The van der Waals surface area contributed by atoms with Crippen molar-refractivity contribution in [2.45, 2.75) is 18.3 Å². The van der Waals surface area contributed by atoms with Crippen molar-refractivity contribution in [3.8, 4) is 0 Å². The average Bonchev–Trinajstić information content (AvgIpc) is 2.83. The molecule has 1 saturated heterocycles. The van der Waals surface area contributed by atoms with Crippen LogP contribution in [-0.2, 0) is 9.59 Å². The Morgan fingerprint density at radius 2 is 1.95 bits per heavy atom. The number of hydrogen-bond donors (Lipinski definition) is 0. The number of thioether (sulfide) groups is 1. The van der Waals surface area contributed by atoms with Gasteiger partial charge < -0.3 is 14.8 Å². The van der Waals surface area contributed by atoms with Crippen LogP contribution in [0.3, 0.4) is 0 Å². The van der Waals surface area contributed by atoms with Crippen LogP contribution in [0.1, 0.15) is 17.9 Å². The zero-order valence-corrected chi connectivity index (χ0v) is 11.3. The van der Waals surface area contributed by atoms with E-state index in [1.807, 2.05) is 0 Å². The van der Waals surface area contributed by atoms with Crippen molar-refractivity contribution in [2.75, 3.05) is 5.75 Å². The molecule has 0 saturated carbocycles. The largest absolute Gasteiger partial charge is 0.548 e. The van der Waals surface area contributed by atoms with E-state index in [0.717, 1.165) is 0 Å². The molecular weight excluding hydrogens is 284 g/mol. The zero-order chi connectivity index (χ0) is 14.9. The van der Waals surface area contributed by atoms with Crippen molar-refractivity contribution in [2.24, 2.45) is 0 Å².